The highest BCUT2D eigenvalue weighted by atomic mass is 16.1. The zero-order chi connectivity index (χ0) is 22.9. The average molecular weight is 447 g/mol. The third kappa shape index (κ3) is 4.74. The van der Waals surface area contributed by atoms with Gasteiger partial charge in [-0.15, -0.1) is 0 Å². The zero-order valence-corrected chi connectivity index (χ0v) is 19.9. The topological polar surface area (TPSA) is 66.3 Å². The van der Waals surface area contributed by atoms with E-state index in [1.54, 1.807) is 6.07 Å². The van der Waals surface area contributed by atoms with Gasteiger partial charge in [0, 0.05) is 61.2 Å². The quantitative estimate of drug-likeness (QED) is 0.645. The molecule has 1 saturated carbocycles. The molecule has 1 saturated heterocycles. The molecule has 1 N–H and O–H groups in total. The fraction of sp³-hybridized carbons (Fsp3) is 0.500. The second kappa shape index (κ2) is 9.14. The molecule has 0 amide bonds. The first-order valence-corrected chi connectivity index (χ1v) is 12.1. The predicted molar refractivity (Wildman–Crippen MR) is 134 cm³/mol. The Kier molecular flexibility index (Phi) is 6.06. The van der Waals surface area contributed by atoms with E-state index in [1.165, 1.54) is 12.1 Å². The number of aromatic nitrogens is 3. The molecule has 7 heteroatoms. The number of nitrogens with zero attached hydrogens (tertiary/aromatic N) is 5. The van der Waals surface area contributed by atoms with Crippen LogP contribution in [0.2, 0.25) is 0 Å². The van der Waals surface area contributed by atoms with Crippen LogP contribution in [0.15, 0.2) is 47.4 Å². The van der Waals surface area contributed by atoms with Crippen LogP contribution < -0.4 is 15.8 Å². The van der Waals surface area contributed by atoms with Crippen LogP contribution in [-0.4, -0.2) is 52.7 Å². The highest BCUT2D eigenvalue weighted by Gasteiger charge is 2.27. The third-order valence-electron chi connectivity index (χ3n) is 7.18. The maximum Gasteiger partial charge on any atom is 0.252 e. The van der Waals surface area contributed by atoms with E-state index in [2.05, 4.69) is 65.3 Å². The molecule has 0 bridgehead atoms. The van der Waals surface area contributed by atoms with E-state index in [1.807, 2.05) is 16.8 Å². The molecule has 174 valence electrons. The Bertz CT molecular complexity index is 1160. The number of benzene rings is 1. The summed E-state index contributed by atoms with van der Waals surface area (Å²) < 4.78 is 1.91. The molecule has 2 fully saturated rings. The standard InChI is InChI=1S/C26H34N6O/c1-18-14-19(2)16-23(15-18)32-24(33)9-4-20-17-27-26(29-25(20)32)28-21-5-7-22(8-6-21)31-12-10-30(3)11-13-31/h4-9,17-19,23H,10-16H2,1-3H3,(H,27,28,29). The zero-order valence-electron chi connectivity index (χ0n) is 19.9. The summed E-state index contributed by atoms with van der Waals surface area (Å²) in [7, 11) is 2.17. The van der Waals surface area contributed by atoms with Crippen molar-refractivity contribution in [3.63, 3.8) is 0 Å². The fourth-order valence-electron chi connectivity index (χ4n) is 5.52. The number of fused-ring (bicyclic) bond motifs is 1. The molecule has 3 heterocycles. The molecule has 2 unspecified atom stereocenters. The minimum absolute atomic E-state index is 0.0231. The first-order chi connectivity index (χ1) is 16.0. The van der Waals surface area contributed by atoms with Gasteiger partial charge < -0.3 is 15.1 Å². The maximum absolute atomic E-state index is 12.9. The fourth-order valence-corrected chi connectivity index (χ4v) is 5.52. The highest BCUT2D eigenvalue weighted by molar-refractivity contribution is 5.76. The number of anilines is 3. The Morgan fingerprint density at radius 2 is 1.61 bits per heavy atom. The van der Waals surface area contributed by atoms with Gasteiger partial charge in [0.15, 0.2) is 0 Å². The number of nitrogens with one attached hydrogen (secondary N) is 1. The second-order valence-electron chi connectivity index (χ2n) is 10.0. The number of pyridine rings is 1. The van der Waals surface area contributed by atoms with Crippen molar-refractivity contribution in [2.75, 3.05) is 43.4 Å². The number of hydrogen-bond acceptors (Lipinski definition) is 6. The summed E-state index contributed by atoms with van der Waals surface area (Å²) in [6.07, 6.45) is 5.07. The van der Waals surface area contributed by atoms with Crippen LogP contribution in [0, 0.1) is 11.8 Å². The maximum atomic E-state index is 12.9. The summed E-state index contributed by atoms with van der Waals surface area (Å²) in [5.74, 6) is 1.74. The van der Waals surface area contributed by atoms with E-state index < -0.39 is 0 Å². The van der Waals surface area contributed by atoms with Crippen LogP contribution in [0.1, 0.15) is 39.2 Å². The third-order valence-corrected chi connectivity index (χ3v) is 7.18. The van der Waals surface area contributed by atoms with Gasteiger partial charge in [-0.2, -0.15) is 4.98 Å². The van der Waals surface area contributed by atoms with E-state index in [4.69, 9.17) is 4.98 Å². The van der Waals surface area contributed by atoms with Crippen molar-refractivity contribution in [3.05, 3.63) is 52.9 Å². The minimum Gasteiger partial charge on any atom is -0.369 e. The van der Waals surface area contributed by atoms with E-state index in [0.29, 0.717) is 17.8 Å². The first-order valence-electron chi connectivity index (χ1n) is 12.1. The second-order valence-corrected chi connectivity index (χ2v) is 10.0. The van der Waals surface area contributed by atoms with Gasteiger partial charge in [-0.3, -0.25) is 9.36 Å². The van der Waals surface area contributed by atoms with Gasteiger partial charge in [-0.25, -0.2) is 4.98 Å². The summed E-state index contributed by atoms with van der Waals surface area (Å²) in [5.41, 5.74) is 2.93. The van der Waals surface area contributed by atoms with Gasteiger partial charge in [0.05, 0.1) is 0 Å². The number of likely N-dealkylation sites (N-methyl/N-ethyl adjacent to an activating group) is 1. The highest BCUT2D eigenvalue weighted by Crippen LogP contribution is 2.36. The van der Waals surface area contributed by atoms with Crippen molar-refractivity contribution in [3.8, 4) is 0 Å². The molecule has 3 aromatic rings. The average Bonchev–Trinajstić information content (AvgIpc) is 2.79. The molecular weight excluding hydrogens is 412 g/mol. The Labute approximate surface area is 195 Å². The Morgan fingerprint density at radius 1 is 0.909 bits per heavy atom. The normalized spacial score (nSPS) is 24.2. The van der Waals surface area contributed by atoms with Gasteiger partial charge in [0.1, 0.15) is 5.65 Å². The Morgan fingerprint density at radius 3 is 2.30 bits per heavy atom. The number of hydrogen-bond donors (Lipinski definition) is 1. The Balaban J connectivity index is 1.40. The summed E-state index contributed by atoms with van der Waals surface area (Å²) in [6.45, 7) is 8.84. The van der Waals surface area contributed by atoms with Gasteiger partial charge >= 0.3 is 0 Å². The molecule has 0 radical (unpaired) electrons. The van der Waals surface area contributed by atoms with Crippen molar-refractivity contribution in [1.82, 2.24) is 19.4 Å². The van der Waals surface area contributed by atoms with E-state index >= 15 is 0 Å². The lowest BCUT2D eigenvalue weighted by molar-refractivity contribution is 0.221. The van der Waals surface area contributed by atoms with Crippen molar-refractivity contribution >= 4 is 28.4 Å². The molecule has 1 aliphatic carbocycles. The molecule has 2 aromatic heterocycles. The van der Waals surface area contributed by atoms with Gasteiger partial charge in [0.2, 0.25) is 5.95 Å². The van der Waals surface area contributed by atoms with E-state index in [0.717, 1.165) is 55.7 Å². The van der Waals surface area contributed by atoms with Crippen molar-refractivity contribution in [2.45, 2.75) is 39.2 Å². The van der Waals surface area contributed by atoms with E-state index in [-0.39, 0.29) is 11.6 Å². The lowest BCUT2D eigenvalue weighted by Crippen LogP contribution is -2.44. The van der Waals surface area contributed by atoms with Crippen LogP contribution in [0.5, 0.6) is 0 Å². The largest absolute Gasteiger partial charge is 0.369 e. The van der Waals surface area contributed by atoms with Crippen LogP contribution in [0.25, 0.3) is 11.0 Å². The van der Waals surface area contributed by atoms with Crippen molar-refractivity contribution in [2.24, 2.45) is 11.8 Å². The van der Waals surface area contributed by atoms with Gasteiger partial charge in [0.25, 0.3) is 5.56 Å². The summed E-state index contributed by atoms with van der Waals surface area (Å²) in [4.78, 5) is 27.0. The molecule has 0 spiro atoms. The van der Waals surface area contributed by atoms with Crippen molar-refractivity contribution < 1.29 is 0 Å². The molecule has 33 heavy (non-hydrogen) atoms. The van der Waals surface area contributed by atoms with Crippen molar-refractivity contribution in [1.29, 1.82) is 0 Å². The number of rotatable bonds is 4. The summed E-state index contributed by atoms with van der Waals surface area (Å²) >= 11 is 0. The van der Waals surface area contributed by atoms with Crippen LogP contribution in [0.3, 0.4) is 0 Å². The molecule has 1 aliphatic heterocycles. The first kappa shape index (κ1) is 21.9. The van der Waals surface area contributed by atoms with E-state index in [9.17, 15) is 4.79 Å². The summed E-state index contributed by atoms with van der Waals surface area (Å²) in [6, 6.07) is 12.1. The van der Waals surface area contributed by atoms with Gasteiger partial charge in [-0.1, -0.05) is 13.8 Å². The van der Waals surface area contributed by atoms with Crippen LogP contribution >= 0.6 is 0 Å². The Hall–Kier alpha value is -2.93. The smallest absolute Gasteiger partial charge is 0.252 e. The lowest BCUT2D eigenvalue weighted by atomic mass is 9.80. The molecule has 2 aliphatic rings. The monoisotopic (exact) mass is 446 g/mol. The molecular formula is C26H34N6O. The molecule has 7 nitrogen and oxygen atoms in total. The minimum atomic E-state index is 0.0231. The van der Waals surface area contributed by atoms with Crippen LogP contribution in [-0.2, 0) is 0 Å². The number of piperazine rings is 1. The van der Waals surface area contributed by atoms with Crippen LogP contribution in [0.4, 0.5) is 17.3 Å². The molecule has 2 atom stereocenters. The lowest BCUT2D eigenvalue weighted by Gasteiger charge is -2.34. The molecule has 5 rings (SSSR count). The predicted octanol–water partition coefficient (Wildman–Crippen LogP) is 4.28. The molecule has 1 aromatic carbocycles. The van der Waals surface area contributed by atoms with Gasteiger partial charge in [-0.05, 0) is 68.5 Å². The summed E-state index contributed by atoms with van der Waals surface area (Å²) in [5, 5.41) is 4.24. The SMILES string of the molecule is CC1CC(C)CC(n2c(=O)ccc3cnc(Nc4ccc(N5CCN(C)CC5)cc4)nc32)C1.